The Morgan fingerprint density at radius 1 is 1.32 bits per heavy atom. The number of nitrogens with one attached hydrogen (secondary N) is 2. The highest BCUT2D eigenvalue weighted by Crippen LogP contribution is 2.25. The van der Waals surface area contributed by atoms with Gasteiger partial charge in [-0.15, -0.1) is 5.10 Å². The van der Waals surface area contributed by atoms with Gasteiger partial charge in [-0.1, -0.05) is 30.3 Å². The first-order valence-corrected chi connectivity index (χ1v) is 9.46. The van der Waals surface area contributed by atoms with E-state index in [4.69, 9.17) is 5.11 Å². The van der Waals surface area contributed by atoms with Crippen LogP contribution in [-0.4, -0.2) is 62.2 Å². The summed E-state index contributed by atoms with van der Waals surface area (Å²) in [7, 11) is 0. The van der Waals surface area contributed by atoms with Crippen molar-refractivity contribution in [2.45, 2.75) is 44.8 Å². The number of para-hydroxylation sites is 1. The van der Waals surface area contributed by atoms with E-state index in [1.165, 1.54) is 0 Å². The normalized spacial score (nSPS) is 19.7. The van der Waals surface area contributed by atoms with Gasteiger partial charge in [0.05, 0.1) is 24.5 Å². The summed E-state index contributed by atoms with van der Waals surface area (Å²) in [4.78, 5) is 25.1. The van der Waals surface area contributed by atoms with Crippen LogP contribution in [0.15, 0.2) is 36.5 Å². The lowest BCUT2D eigenvalue weighted by Crippen LogP contribution is -2.56. The predicted molar refractivity (Wildman–Crippen MR) is 103 cm³/mol. The molecule has 1 aliphatic rings. The van der Waals surface area contributed by atoms with Gasteiger partial charge in [0.2, 0.25) is 0 Å². The molecule has 0 spiro atoms. The van der Waals surface area contributed by atoms with E-state index in [-0.39, 0.29) is 30.7 Å². The van der Waals surface area contributed by atoms with Gasteiger partial charge in [0, 0.05) is 12.1 Å². The minimum absolute atomic E-state index is 0.0359. The molecule has 9 nitrogen and oxygen atoms in total. The van der Waals surface area contributed by atoms with Crippen LogP contribution in [0, 0.1) is 0 Å². The van der Waals surface area contributed by atoms with Gasteiger partial charge in [0.15, 0.2) is 0 Å². The van der Waals surface area contributed by atoms with Crippen molar-refractivity contribution in [3.63, 3.8) is 0 Å². The summed E-state index contributed by atoms with van der Waals surface area (Å²) in [5.74, 6) is -0.826. The van der Waals surface area contributed by atoms with Crippen LogP contribution in [0.4, 0.5) is 4.79 Å². The summed E-state index contributed by atoms with van der Waals surface area (Å²) in [6.07, 6.45) is 3.31. The first kappa shape index (κ1) is 19.8. The third-order valence-corrected chi connectivity index (χ3v) is 5.03. The van der Waals surface area contributed by atoms with Crippen molar-refractivity contribution in [2.24, 2.45) is 0 Å². The van der Waals surface area contributed by atoms with Crippen molar-refractivity contribution in [3.8, 4) is 5.69 Å². The number of aromatic nitrogens is 3. The van der Waals surface area contributed by atoms with Crippen molar-refractivity contribution in [1.29, 1.82) is 0 Å². The molecule has 1 aliphatic carbocycles. The lowest BCUT2D eigenvalue weighted by atomic mass is 9.85. The average molecular weight is 386 g/mol. The van der Waals surface area contributed by atoms with Gasteiger partial charge >= 0.3 is 12.0 Å². The Kier molecular flexibility index (Phi) is 6.25. The highest BCUT2D eigenvalue weighted by Gasteiger charge is 2.34. The number of benzene rings is 1. The molecule has 3 N–H and O–H groups in total. The standard InChI is InChI=1S/C19H26N6O3/c1-3-24(12-18(26)27)16-9-14(10-16)21-19(28)20-13(2)17-11-25(23-22-17)15-7-5-4-6-8-15/h4-8,11,13-14,16H,3,9-10,12H2,1-2H3,(H,26,27)(H2,20,21,28). The van der Waals surface area contributed by atoms with E-state index in [9.17, 15) is 9.59 Å². The largest absolute Gasteiger partial charge is 0.480 e. The molecule has 2 aromatic rings. The molecule has 1 aromatic heterocycles. The zero-order valence-electron chi connectivity index (χ0n) is 16.1. The lowest BCUT2D eigenvalue weighted by Gasteiger charge is -2.42. The maximum atomic E-state index is 12.2. The Morgan fingerprint density at radius 3 is 2.68 bits per heavy atom. The molecule has 1 fully saturated rings. The monoisotopic (exact) mass is 386 g/mol. The Bertz CT molecular complexity index is 803. The van der Waals surface area contributed by atoms with Gasteiger partial charge in [-0.05, 0) is 38.4 Å². The number of carboxylic acid groups (broad SMARTS) is 1. The summed E-state index contributed by atoms with van der Waals surface area (Å²) < 4.78 is 1.67. The third kappa shape index (κ3) is 4.86. The van der Waals surface area contributed by atoms with E-state index in [1.54, 1.807) is 10.9 Å². The first-order chi connectivity index (χ1) is 13.5. The molecule has 0 saturated heterocycles. The molecule has 1 atom stereocenters. The maximum Gasteiger partial charge on any atom is 0.317 e. The zero-order valence-corrected chi connectivity index (χ0v) is 16.1. The molecule has 9 heteroatoms. The number of aliphatic carboxylic acids is 1. The number of amides is 2. The van der Waals surface area contributed by atoms with E-state index < -0.39 is 5.97 Å². The Hall–Kier alpha value is -2.94. The molecule has 2 amide bonds. The van der Waals surface area contributed by atoms with E-state index in [0.717, 1.165) is 18.5 Å². The van der Waals surface area contributed by atoms with Crippen LogP contribution >= 0.6 is 0 Å². The van der Waals surface area contributed by atoms with Crippen molar-refractivity contribution in [1.82, 2.24) is 30.5 Å². The highest BCUT2D eigenvalue weighted by atomic mass is 16.4. The minimum Gasteiger partial charge on any atom is -0.480 e. The molecule has 0 aliphatic heterocycles. The fourth-order valence-electron chi connectivity index (χ4n) is 3.36. The lowest BCUT2D eigenvalue weighted by molar-refractivity contribution is -0.139. The van der Waals surface area contributed by atoms with Crippen molar-refractivity contribution >= 4 is 12.0 Å². The van der Waals surface area contributed by atoms with E-state index in [1.807, 2.05) is 49.1 Å². The molecule has 0 radical (unpaired) electrons. The van der Waals surface area contributed by atoms with Crippen LogP contribution in [-0.2, 0) is 4.79 Å². The minimum atomic E-state index is -0.826. The molecule has 28 heavy (non-hydrogen) atoms. The van der Waals surface area contributed by atoms with Crippen LogP contribution in [0.3, 0.4) is 0 Å². The van der Waals surface area contributed by atoms with Crippen LogP contribution in [0.25, 0.3) is 5.69 Å². The Balaban J connectivity index is 1.46. The number of carboxylic acids is 1. The van der Waals surface area contributed by atoms with Gasteiger partial charge in [-0.2, -0.15) is 0 Å². The topological polar surface area (TPSA) is 112 Å². The summed E-state index contributed by atoms with van der Waals surface area (Å²) >= 11 is 0. The Morgan fingerprint density at radius 2 is 2.04 bits per heavy atom. The molecule has 1 saturated carbocycles. The summed E-state index contributed by atoms with van der Waals surface area (Å²) in [6.45, 7) is 4.52. The summed E-state index contributed by atoms with van der Waals surface area (Å²) in [5.41, 5.74) is 1.57. The molecule has 1 heterocycles. The molecule has 3 rings (SSSR count). The van der Waals surface area contributed by atoms with Crippen molar-refractivity contribution in [3.05, 3.63) is 42.2 Å². The number of nitrogens with zero attached hydrogens (tertiary/aromatic N) is 4. The van der Waals surface area contributed by atoms with E-state index in [2.05, 4.69) is 20.9 Å². The van der Waals surface area contributed by atoms with Crippen molar-refractivity contribution in [2.75, 3.05) is 13.1 Å². The maximum absolute atomic E-state index is 12.2. The summed E-state index contributed by atoms with van der Waals surface area (Å²) in [6, 6.07) is 9.36. The van der Waals surface area contributed by atoms with Crippen LogP contribution in [0.2, 0.25) is 0 Å². The second-order valence-electron chi connectivity index (χ2n) is 7.04. The van der Waals surface area contributed by atoms with Gasteiger partial charge in [-0.25, -0.2) is 9.48 Å². The van der Waals surface area contributed by atoms with E-state index >= 15 is 0 Å². The van der Waals surface area contributed by atoms with E-state index in [0.29, 0.717) is 12.2 Å². The van der Waals surface area contributed by atoms with Crippen molar-refractivity contribution < 1.29 is 14.7 Å². The number of rotatable bonds is 8. The third-order valence-electron chi connectivity index (χ3n) is 5.03. The molecular weight excluding hydrogens is 360 g/mol. The molecule has 1 aromatic carbocycles. The number of likely N-dealkylation sites (N-methyl/N-ethyl adjacent to an activating group) is 1. The highest BCUT2D eigenvalue weighted by molar-refractivity contribution is 5.74. The quantitative estimate of drug-likeness (QED) is 0.635. The SMILES string of the molecule is CCN(CC(=O)O)C1CC(NC(=O)NC(C)c2cn(-c3ccccc3)nn2)C1. The number of carbonyl (C=O) groups is 2. The number of urea groups is 1. The molecule has 150 valence electrons. The van der Waals surface area contributed by atoms with Gasteiger partial charge in [-0.3, -0.25) is 9.69 Å². The average Bonchev–Trinajstić information content (AvgIpc) is 3.13. The van der Waals surface area contributed by atoms with Gasteiger partial charge in [0.1, 0.15) is 5.69 Å². The first-order valence-electron chi connectivity index (χ1n) is 9.46. The van der Waals surface area contributed by atoms with Crippen LogP contribution < -0.4 is 10.6 Å². The fraction of sp³-hybridized carbons (Fsp3) is 0.474. The second-order valence-corrected chi connectivity index (χ2v) is 7.04. The Labute approximate surface area is 163 Å². The fourth-order valence-corrected chi connectivity index (χ4v) is 3.36. The molecule has 0 bridgehead atoms. The number of hydrogen-bond acceptors (Lipinski definition) is 5. The van der Waals surface area contributed by atoms with Gasteiger partial charge in [0.25, 0.3) is 0 Å². The second kappa shape index (κ2) is 8.83. The number of hydrogen-bond donors (Lipinski definition) is 3. The van der Waals surface area contributed by atoms with Crippen LogP contribution in [0.5, 0.6) is 0 Å². The number of carbonyl (C=O) groups excluding carboxylic acids is 1. The predicted octanol–water partition coefficient (Wildman–Crippen LogP) is 1.56. The zero-order chi connectivity index (χ0) is 20.1. The van der Waals surface area contributed by atoms with Gasteiger partial charge < -0.3 is 15.7 Å². The molecular formula is C19H26N6O3. The van der Waals surface area contributed by atoms with Crippen LogP contribution in [0.1, 0.15) is 38.4 Å². The molecule has 1 unspecified atom stereocenters. The summed E-state index contributed by atoms with van der Waals surface area (Å²) in [5, 5.41) is 23.0. The smallest absolute Gasteiger partial charge is 0.317 e.